The molecule has 3 aromatic rings. The van der Waals surface area contributed by atoms with Crippen molar-refractivity contribution < 1.29 is 18.0 Å². The lowest BCUT2D eigenvalue weighted by molar-refractivity contribution is -0.140. The number of amides is 2. The van der Waals surface area contributed by atoms with Crippen LogP contribution in [0.2, 0.25) is 0 Å². The highest BCUT2D eigenvalue weighted by molar-refractivity contribution is 7.92. The summed E-state index contributed by atoms with van der Waals surface area (Å²) in [5.74, 6) is -0.759. The molecule has 3 rings (SSSR count). The maximum absolute atomic E-state index is 14.2. The minimum absolute atomic E-state index is 0.151. The molecule has 0 radical (unpaired) electrons. The quantitative estimate of drug-likeness (QED) is 0.379. The van der Waals surface area contributed by atoms with Gasteiger partial charge in [0, 0.05) is 18.5 Å². The Morgan fingerprint density at radius 1 is 0.850 bits per heavy atom. The molecule has 0 saturated carbocycles. The number of sulfonamides is 1. The fourth-order valence-electron chi connectivity index (χ4n) is 4.58. The molecule has 0 aliphatic heterocycles. The van der Waals surface area contributed by atoms with Crippen LogP contribution in [-0.2, 0) is 32.6 Å². The topological polar surface area (TPSA) is 86.8 Å². The van der Waals surface area contributed by atoms with E-state index in [-0.39, 0.29) is 18.9 Å². The molecular weight excluding hydrogens is 522 g/mol. The number of anilines is 1. The lowest BCUT2D eigenvalue weighted by atomic mass is 10.0. The molecule has 2 amide bonds. The molecule has 0 heterocycles. The highest BCUT2D eigenvalue weighted by Crippen LogP contribution is 2.25. The van der Waals surface area contributed by atoms with Gasteiger partial charge in [-0.1, -0.05) is 77.9 Å². The number of hydrogen-bond donors (Lipinski definition) is 1. The summed E-state index contributed by atoms with van der Waals surface area (Å²) in [5, 5.41) is 3.04. The molecule has 0 aliphatic carbocycles. The van der Waals surface area contributed by atoms with Crippen molar-refractivity contribution in [3.8, 4) is 0 Å². The van der Waals surface area contributed by atoms with Crippen LogP contribution in [0.5, 0.6) is 0 Å². The number of carbonyl (C=O) groups is 2. The van der Waals surface area contributed by atoms with E-state index in [1.54, 1.807) is 6.07 Å². The predicted molar refractivity (Wildman–Crippen MR) is 162 cm³/mol. The maximum atomic E-state index is 14.2. The molecule has 1 atom stereocenters. The molecule has 0 fully saturated rings. The second-order valence-electron chi connectivity index (χ2n) is 11.5. The highest BCUT2D eigenvalue weighted by Gasteiger charge is 2.34. The first-order valence-electron chi connectivity index (χ1n) is 13.4. The Balaban J connectivity index is 2.09. The molecule has 0 spiro atoms. The van der Waals surface area contributed by atoms with Gasteiger partial charge in [-0.2, -0.15) is 0 Å². The Hall–Kier alpha value is -3.65. The van der Waals surface area contributed by atoms with Crippen molar-refractivity contribution in [2.75, 3.05) is 17.1 Å². The van der Waals surface area contributed by atoms with Crippen molar-refractivity contribution in [2.24, 2.45) is 0 Å². The predicted octanol–water partition coefficient (Wildman–Crippen LogP) is 4.93. The van der Waals surface area contributed by atoms with E-state index < -0.39 is 34.1 Å². The molecule has 0 bridgehead atoms. The third kappa shape index (κ3) is 8.68. The highest BCUT2D eigenvalue weighted by atomic mass is 32.2. The molecular formula is C32H41N3O4S. The van der Waals surface area contributed by atoms with Crippen molar-refractivity contribution in [2.45, 2.75) is 66.1 Å². The summed E-state index contributed by atoms with van der Waals surface area (Å²) in [5.41, 5.74) is 4.47. The van der Waals surface area contributed by atoms with Gasteiger partial charge in [0.05, 0.1) is 11.9 Å². The van der Waals surface area contributed by atoms with Gasteiger partial charge < -0.3 is 10.2 Å². The minimum atomic E-state index is -3.81. The zero-order valence-electron chi connectivity index (χ0n) is 24.6. The van der Waals surface area contributed by atoms with Crippen LogP contribution in [0.25, 0.3) is 0 Å². The van der Waals surface area contributed by atoms with Crippen LogP contribution in [0, 0.1) is 20.8 Å². The van der Waals surface area contributed by atoms with Crippen molar-refractivity contribution >= 4 is 27.5 Å². The zero-order chi connectivity index (χ0) is 29.7. The molecule has 3 aromatic carbocycles. The largest absolute Gasteiger partial charge is 0.350 e. The first kappa shape index (κ1) is 30.9. The first-order valence-corrected chi connectivity index (χ1v) is 15.2. The fourth-order valence-corrected chi connectivity index (χ4v) is 5.48. The molecule has 0 aliphatic rings. The van der Waals surface area contributed by atoms with Crippen LogP contribution in [0.1, 0.15) is 48.6 Å². The van der Waals surface area contributed by atoms with Gasteiger partial charge in [-0.3, -0.25) is 13.9 Å². The summed E-state index contributed by atoms with van der Waals surface area (Å²) in [4.78, 5) is 29.4. The number of hydrogen-bond acceptors (Lipinski definition) is 4. The van der Waals surface area contributed by atoms with E-state index in [4.69, 9.17) is 0 Å². The van der Waals surface area contributed by atoms with Crippen LogP contribution in [0.4, 0.5) is 5.69 Å². The second-order valence-corrected chi connectivity index (χ2v) is 13.4. The SMILES string of the molecule is Cc1ccc(CN(C(=O)CN(c2ccc(C)cc2C)S(C)(=O)=O)[C@@H](Cc2ccccc2)C(=O)NC(C)(C)C)cc1. The third-order valence-corrected chi connectivity index (χ3v) is 7.67. The van der Waals surface area contributed by atoms with Gasteiger partial charge in [0.1, 0.15) is 12.6 Å². The standard InChI is InChI=1S/C32H41N3O4S/c1-23-13-16-27(17-14-23)21-34(29(31(37)33-32(4,5)6)20-26-11-9-8-10-12-26)30(36)22-35(40(7,38)39)28-18-15-24(2)19-25(28)3/h8-19,29H,20-22H2,1-7H3,(H,33,37)/t29-/m0/s1. The Morgan fingerprint density at radius 2 is 1.45 bits per heavy atom. The van der Waals surface area contributed by atoms with Gasteiger partial charge in [0.2, 0.25) is 21.8 Å². The van der Waals surface area contributed by atoms with E-state index in [9.17, 15) is 18.0 Å². The van der Waals surface area contributed by atoms with E-state index in [2.05, 4.69) is 5.32 Å². The van der Waals surface area contributed by atoms with Crippen LogP contribution in [0.15, 0.2) is 72.8 Å². The van der Waals surface area contributed by atoms with E-state index in [0.717, 1.165) is 38.4 Å². The van der Waals surface area contributed by atoms with Gasteiger partial charge in [0.15, 0.2) is 0 Å². The second kappa shape index (κ2) is 12.7. The van der Waals surface area contributed by atoms with Gasteiger partial charge in [0.25, 0.3) is 0 Å². The molecule has 0 aromatic heterocycles. The van der Waals surface area contributed by atoms with Crippen LogP contribution in [-0.4, -0.2) is 49.5 Å². The molecule has 8 heteroatoms. The summed E-state index contributed by atoms with van der Waals surface area (Å²) in [6.45, 7) is 11.1. The Kier molecular flexibility index (Phi) is 9.79. The molecule has 40 heavy (non-hydrogen) atoms. The summed E-state index contributed by atoms with van der Waals surface area (Å²) in [7, 11) is -3.81. The lowest BCUT2D eigenvalue weighted by Gasteiger charge is -2.35. The molecule has 0 saturated heterocycles. The van der Waals surface area contributed by atoms with Crippen molar-refractivity contribution in [1.29, 1.82) is 0 Å². The Morgan fingerprint density at radius 3 is 2.00 bits per heavy atom. The smallest absolute Gasteiger partial charge is 0.244 e. The van der Waals surface area contributed by atoms with Crippen molar-refractivity contribution in [1.82, 2.24) is 10.2 Å². The zero-order valence-corrected chi connectivity index (χ0v) is 25.4. The average Bonchev–Trinajstić information content (AvgIpc) is 2.85. The number of aryl methyl sites for hydroxylation is 3. The number of benzene rings is 3. The summed E-state index contributed by atoms with van der Waals surface area (Å²) < 4.78 is 27.1. The maximum Gasteiger partial charge on any atom is 0.244 e. The van der Waals surface area contributed by atoms with E-state index in [1.165, 1.54) is 4.90 Å². The van der Waals surface area contributed by atoms with Gasteiger partial charge >= 0.3 is 0 Å². The van der Waals surface area contributed by atoms with E-state index in [0.29, 0.717) is 5.69 Å². The number of nitrogens with zero attached hydrogens (tertiary/aromatic N) is 2. The number of carbonyl (C=O) groups excluding carboxylic acids is 2. The Labute approximate surface area is 239 Å². The Bertz CT molecular complexity index is 1430. The summed E-state index contributed by atoms with van der Waals surface area (Å²) in [6.07, 6.45) is 1.38. The average molecular weight is 564 g/mol. The number of nitrogens with one attached hydrogen (secondary N) is 1. The normalized spacial score (nSPS) is 12.5. The molecule has 214 valence electrons. The summed E-state index contributed by atoms with van der Waals surface area (Å²) >= 11 is 0. The monoisotopic (exact) mass is 563 g/mol. The van der Waals surface area contributed by atoms with Crippen LogP contribution >= 0.6 is 0 Å². The van der Waals surface area contributed by atoms with Crippen molar-refractivity contribution in [3.63, 3.8) is 0 Å². The number of rotatable bonds is 10. The molecule has 7 nitrogen and oxygen atoms in total. The fraction of sp³-hybridized carbons (Fsp3) is 0.375. The van der Waals surface area contributed by atoms with E-state index >= 15 is 0 Å². The lowest BCUT2D eigenvalue weighted by Crippen LogP contribution is -2.56. The van der Waals surface area contributed by atoms with Crippen LogP contribution < -0.4 is 9.62 Å². The first-order chi connectivity index (χ1) is 18.6. The molecule has 0 unspecified atom stereocenters. The van der Waals surface area contributed by atoms with Crippen LogP contribution in [0.3, 0.4) is 0 Å². The van der Waals surface area contributed by atoms with E-state index in [1.807, 2.05) is 108 Å². The van der Waals surface area contributed by atoms with Gasteiger partial charge in [-0.25, -0.2) is 8.42 Å². The minimum Gasteiger partial charge on any atom is -0.350 e. The van der Waals surface area contributed by atoms with Crippen molar-refractivity contribution in [3.05, 3.63) is 101 Å². The van der Waals surface area contributed by atoms with Gasteiger partial charge in [-0.05, 0) is 64.3 Å². The van der Waals surface area contributed by atoms with Gasteiger partial charge in [-0.15, -0.1) is 0 Å². The third-order valence-electron chi connectivity index (χ3n) is 6.54. The molecule has 1 N–H and O–H groups in total. The summed E-state index contributed by atoms with van der Waals surface area (Å²) in [6, 6.07) is 21.9.